The molecule has 0 aliphatic heterocycles. The SMILES string of the molecule is C=CC(=O)Cc1ccc(-c2cccc([C@H](C)C(=O)Cc3ncc(CC)s3)c2)cc1N(C)CCN(C)C. The lowest BCUT2D eigenvalue weighted by molar-refractivity contribution is -0.119. The Hall–Kier alpha value is -3.09. The number of thiazole rings is 1. The summed E-state index contributed by atoms with van der Waals surface area (Å²) < 4.78 is 0. The second-order valence-corrected chi connectivity index (χ2v) is 10.7. The number of rotatable bonds is 13. The van der Waals surface area contributed by atoms with Gasteiger partial charge in [-0.2, -0.15) is 0 Å². The van der Waals surface area contributed by atoms with Crippen molar-refractivity contribution in [1.82, 2.24) is 9.88 Å². The van der Waals surface area contributed by atoms with Gasteiger partial charge in [0.15, 0.2) is 5.78 Å². The Morgan fingerprint density at radius 1 is 1.06 bits per heavy atom. The molecule has 0 saturated carbocycles. The molecule has 6 heteroatoms. The van der Waals surface area contributed by atoms with Crippen LogP contribution in [0.15, 0.2) is 61.3 Å². The summed E-state index contributed by atoms with van der Waals surface area (Å²) in [6.45, 7) is 9.45. The molecule has 0 amide bonds. The highest BCUT2D eigenvalue weighted by atomic mass is 32.1. The molecule has 0 N–H and O–H groups in total. The summed E-state index contributed by atoms with van der Waals surface area (Å²) in [5.41, 5.74) is 5.14. The standard InChI is InChI=1S/C30H37N3O2S/c1-7-26(34)17-25-13-12-24(18-28(25)33(6)15-14-32(4)5)23-11-9-10-22(16-23)21(3)29(35)19-30-31-20-27(8-2)36-30/h7,9-13,16,18,20-21H,1,8,14-15,17,19H2,2-6H3/t21-/m0/s1. The Labute approximate surface area is 219 Å². The van der Waals surface area contributed by atoms with Crippen LogP contribution in [0.2, 0.25) is 0 Å². The number of aromatic nitrogens is 1. The molecule has 0 aliphatic rings. The lowest BCUT2D eigenvalue weighted by atomic mass is 9.91. The second kappa shape index (κ2) is 12.7. The number of carbonyl (C=O) groups excluding carboxylic acids is 2. The Kier molecular flexibility index (Phi) is 9.73. The van der Waals surface area contributed by atoms with Gasteiger partial charge in [-0.15, -0.1) is 11.3 Å². The number of carbonyl (C=O) groups is 2. The van der Waals surface area contributed by atoms with Crippen LogP contribution in [0.4, 0.5) is 5.69 Å². The van der Waals surface area contributed by atoms with E-state index in [1.54, 1.807) is 11.3 Å². The van der Waals surface area contributed by atoms with E-state index in [-0.39, 0.29) is 17.5 Å². The van der Waals surface area contributed by atoms with Gasteiger partial charge in [0.05, 0.1) is 6.42 Å². The van der Waals surface area contributed by atoms with E-state index in [1.807, 2.05) is 31.3 Å². The Bertz CT molecular complexity index is 1210. The zero-order valence-corrected chi connectivity index (χ0v) is 22.9. The molecule has 0 saturated heterocycles. The molecule has 1 aromatic heterocycles. The summed E-state index contributed by atoms with van der Waals surface area (Å²) >= 11 is 1.62. The van der Waals surface area contributed by atoms with E-state index in [2.05, 4.69) is 73.7 Å². The van der Waals surface area contributed by atoms with Crippen LogP contribution in [0.1, 0.15) is 40.8 Å². The topological polar surface area (TPSA) is 53.5 Å². The monoisotopic (exact) mass is 503 g/mol. The molecule has 1 atom stereocenters. The van der Waals surface area contributed by atoms with E-state index in [9.17, 15) is 9.59 Å². The summed E-state index contributed by atoms with van der Waals surface area (Å²) in [7, 11) is 6.17. The van der Waals surface area contributed by atoms with Crippen LogP contribution in [0, 0.1) is 0 Å². The average Bonchev–Trinajstić information content (AvgIpc) is 3.34. The fourth-order valence-electron chi connectivity index (χ4n) is 4.05. The summed E-state index contributed by atoms with van der Waals surface area (Å²) in [6.07, 6.45) is 4.89. The number of benzene rings is 2. The number of anilines is 1. The third kappa shape index (κ3) is 7.21. The van der Waals surface area contributed by atoms with E-state index in [0.717, 1.165) is 52.5 Å². The maximum absolute atomic E-state index is 13.0. The van der Waals surface area contributed by atoms with Crippen molar-refractivity contribution < 1.29 is 9.59 Å². The minimum absolute atomic E-state index is 0.00521. The van der Waals surface area contributed by atoms with E-state index in [1.165, 1.54) is 11.0 Å². The average molecular weight is 504 g/mol. The smallest absolute Gasteiger partial charge is 0.159 e. The predicted molar refractivity (Wildman–Crippen MR) is 151 cm³/mol. The largest absolute Gasteiger partial charge is 0.373 e. The van der Waals surface area contributed by atoms with E-state index in [0.29, 0.717) is 12.8 Å². The summed E-state index contributed by atoms with van der Waals surface area (Å²) in [5, 5.41) is 0.884. The fraction of sp³-hybridized carbons (Fsp3) is 0.367. The maximum Gasteiger partial charge on any atom is 0.159 e. The molecule has 1 heterocycles. The van der Waals surface area contributed by atoms with Crippen LogP contribution < -0.4 is 4.90 Å². The molecular formula is C30H37N3O2S. The number of ketones is 2. The number of hydrogen-bond acceptors (Lipinski definition) is 6. The minimum Gasteiger partial charge on any atom is -0.373 e. The van der Waals surface area contributed by atoms with Crippen molar-refractivity contribution >= 4 is 28.6 Å². The van der Waals surface area contributed by atoms with Gasteiger partial charge >= 0.3 is 0 Å². The first kappa shape index (κ1) is 27.5. The Morgan fingerprint density at radius 3 is 2.47 bits per heavy atom. The van der Waals surface area contributed by atoms with Gasteiger partial charge in [0.25, 0.3) is 0 Å². The van der Waals surface area contributed by atoms with Gasteiger partial charge in [0, 0.05) is 49.2 Å². The Morgan fingerprint density at radius 2 is 1.81 bits per heavy atom. The van der Waals surface area contributed by atoms with Gasteiger partial charge in [-0.25, -0.2) is 4.98 Å². The number of aryl methyl sites for hydroxylation is 1. The van der Waals surface area contributed by atoms with Crippen molar-refractivity contribution in [2.75, 3.05) is 39.1 Å². The molecule has 0 radical (unpaired) electrons. The molecule has 190 valence electrons. The molecule has 0 aliphatic carbocycles. The quantitative estimate of drug-likeness (QED) is 0.285. The van der Waals surface area contributed by atoms with Crippen LogP contribution in [-0.4, -0.2) is 55.7 Å². The summed E-state index contributed by atoms with van der Waals surface area (Å²) in [6, 6.07) is 14.5. The van der Waals surface area contributed by atoms with E-state index >= 15 is 0 Å². The zero-order chi connectivity index (χ0) is 26.2. The highest BCUT2D eigenvalue weighted by Crippen LogP contribution is 2.31. The fourth-order valence-corrected chi connectivity index (χ4v) is 4.92. The van der Waals surface area contributed by atoms with Crippen molar-refractivity contribution in [3.63, 3.8) is 0 Å². The first-order valence-electron chi connectivity index (χ1n) is 12.4. The molecular weight excluding hydrogens is 466 g/mol. The molecule has 0 bridgehead atoms. The molecule has 0 fully saturated rings. The first-order chi connectivity index (χ1) is 17.2. The zero-order valence-electron chi connectivity index (χ0n) is 22.1. The van der Waals surface area contributed by atoms with Gasteiger partial charge in [0.1, 0.15) is 10.8 Å². The third-order valence-corrected chi connectivity index (χ3v) is 7.59. The molecule has 0 spiro atoms. The third-order valence-electron chi connectivity index (χ3n) is 6.45. The van der Waals surface area contributed by atoms with Crippen LogP contribution in [0.25, 0.3) is 11.1 Å². The van der Waals surface area contributed by atoms with Gasteiger partial charge in [-0.3, -0.25) is 9.59 Å². The Balaban J connectivity index is 1.87. The maximum atomic E-state index is 13.0. The predicted octanol–water partition coefficient (Wildman–Crippen LogP) is 5.58. The number of allylic oxidation sites excluding steroid dienone is 1. The first-order valence-corrected chi connectivity index (χ1v) is 13.2. The van der Waals surface area contributed by atoms with Gasteiger partial charge in [-0.1, -0.05) is 56.8 Å². The van der Waals surface area contributed by atoms with Crippen LogP contribution >= 0.6 is 11.3 Å². The molecule has 0 unspecified atom stereocenters. The highest BCUT2D eigenvalue weighted by molar-refractivity contribution is 7.11. The van der Waals surface area contributed by atoms with Gasteiger partial charge < -0.3 is 9.80 Å². The van der Waals surface area contributed by atoms with Crippen LogP contribution in [0.3, 0.4) is 0 Å². The van der Waals surface area contributed by atoms with Crippen molar-refractivity contribution in [1.29, 1.82) is 0 Å². The second-order valence-electron chi connectivity index (χ2n) is 9.48. The van der Waals surface area contributed by atoms with Crippen LogP contribution in [0.5, 0.6) is 0 Å². The minimum atomic E-state index is -0.217. The van der Waals surface area contributed by atoms with Crippen molar-refractivity contribution in [3.05, 3.63) is 82.3 Å². The van der Waals surface area contributed by atoms with Crippen molar-refractivity contribution in [3.8, 4) is 11.1 Å². The van der Waals surface area contributed by atoms with Gasteiger partial charge in [0.2, 0.25) is 0 Å². The summed E-state index contributed by atoms with van der Waals surface area (Å²) in [4.78, 5) is 35.1. The molecule has 36 heavy (non-hydrogen) atoms. The lowest BCUT2D eigenvalue weighted by Gasteiger charge is -2.25. The van der Waals surface area contributed by atoms with Crippen LogP contribution in [-0.2, 0) is 28.9 Å². The molecule has 3 aromatic rings. The van der Waals surface area contributed by atoms with E-state index < -0.39 is 0 Å². The number of nitrogens with zero attached hydrogens (tertiary/aromatic N) is 3. The van der Waals surface area contributed by atoms with Crippen molar-refractivity contribution in [2.24, 2.45) is 0 Å². The normalized spacial score (nSPS) is 11.9. The van der Waals surface area contributed by atoms with Crippen molar-refractivity contribution in [2.45, 2.75) is 39.0 Å². The number of hydrogen-bond donors (Lipinski definition) is 0. The number of likely N-dealkylation sites (N-methyl/N-ethyl adjacent to an activating group) is 2. The molecule has 5 nitrogen and oxygen atoms in total. The lowest BCUT2D eigenvalue weighted by Crippen LogP contribution is -2.29. The van der Waals surface area contributed by atoms with E-state index in [4.69, 9.17) is 0 Å². The van der Waals surface area contributed by atoms with Gasteiger partial charge in [-0.05, 0) is 54.9 Å². The molecule has 2 aromatic carbocycles. The molecule has 3 rings (SSSR count). The summed E-state index contributed by atoms with van der Waals surface area (Å²) in [5.74, 6) is -0.0390. The highest BCUT2D eigenvalue weighted by Gasteiger charge is 2.18. The number of Topliss-reactive ketones (excluding diaryl/α,β-unsaturated/α-hetero) is 1.